The third kappa shape index (κ3) is 4.94. The number of ether oxygens (including phenoxy) is 3. The van der Waals surface area contributed by atoms with Crippen molar-refractivity contribution in [1.29, 1.82) is 0 Å². The summed E-state index contributed by atoms with van der Waals surface area (Å²) < 4.78 is 16.9. The molecule has 0 amide bonds. The Kier molecular flexibility index (Phi) is 8.02. The van der Waals surface area contributed by atoms with Crippen LogP contribution in [0.5, 0.6) is 11.5 Å². The fraction of sp³-hybridized carbons (Fsp3) is 0.296. The van der Waals surface area contributed by atoms with Gasteiger partial charge >= 0.3 is 5.97 Å². The standard InChI is InChI=1S/C27H29NO6/c1-18(17-22(29)24-25(30)23(32-3)15-16-28-24)26(31)34-19(2)27(33-4,20-11-7-5-8-12-20)21-13-9-6-10-14-21/h5-16,18-19,30H,17H2,1-4H3/t18-,19+/m1/s1. The molecule has 0 aliphatic rings. The summed E-state index contributed by atoms with van der Waals surface area (Å²) in [6.45, 7) is 3.37. The van der Waals surface area contributed by atoms with Crippen molar-refractivity contribution in [3.63, 3.8) is 0 Å². The molecule has 0 bridgehead atoms. The second kappa shape index (κ2) is 10.9. The van der Waals surface area contributed by atoms with E-state index < -0.39 is 29.4 Å². The van der Waals surface area contributed by atoms with Crippen LogP contribution in [0.25, 0.3) is 0 Å². The first-order chi connectivity index (χ1) is 16.3. The van der Waals surface area contributed by atoms with Crippen molar-refractivity contribution in [3.8, 4) is 11.5 Å². The third-order valence-electron chi connectivity index (χ3n) is 5.86. The second-order valence-corrected chi connectivity index (χ2v) is 7.99. The molecule has 1 N–H and O–H groups in total. The molecule has 0 saturated carbocycles. The average Bonchev–Trinajstić information content (AvgIpc) is 2.86. The first-order valence-electron chi connectivity index (χ1n) is 11.0. The van der Waals surface area contributed by atoms with Crippen LogP contribution in [0, 0.1) is 5.92 Å². The van der Waals surface area contributed by atoms with E-state index in [2.05, 4.69) is 4.98 Å². The van der Waals surface area contributed by atoms with E-state index in [1.807, 2.05) is 60.7 Å². The van der Waals surface area contributed by atoms with Crippen molar-refractivity contribution in [1.82, 2.24) is 4.98 Å². The minimum atomic E-state index is -1.05. The van der Waals surface area contributed by atoms with Gasteiger partial charge in [0, 0.05) is 25.8 Å². The Morgan fingerprint density at radius 3 is 2.00 bits per heavy atom. The van der Waals surface area contributed by atoms with Gasteiger partial charge in [0.1, 0.15) is 6.10 Å². The van der Waals surface area contributed by atoms with Crippen LogP contribution in [0.3, 0.4) is 0 Å². The van der Waals surface area contributed by atoms with Gasteiger partial charge in [0.2, 0.25) is 0 Å². The van der Waals surface area contributed by atoms with Gasteiger partial charge in [-0.15, -0.1) is 0 Å². The molecule has 1 heterocycles. The van der Waals surface area contributed by atoms with Crippen molar-refractivity contribution >= 4 is 11.8 Å². The molecule has 0 radical (unpaired) electrons. The number of carbonyl (C=O) groups is 2. The Labute approximate surface area is 199 Å². The highest BCUT2D eigenvalue weighted by Gasteiger charge is 2.43. The van der Waals surface area contributed by atoms with Gasteiger partial charge in [-0.05, 0) is 18.1 Å². The zero-order valence-corrected chi connectivity index (χ0v) is 19.7. The van der Waals surface area contributed by atoms with E-state index >= 15 is 0 Å². The number of methoxy groups -OCH3 is 2. The second-order valence-electron chi connectivity index (χ2n) is 7.99. The number of hydrogen-bond acceptors (Lipinski definition) is 7. The molecule has 7 nitrogen and oxygen atoms in total. The predicted octanol–water partition coefficient (Wildman–Crippen LogP) is 4.53. The van der Waals surface area contributed by atoms with E-state index in [4.69, 9.17) is 14.2 Å². The lowest BCUT2D eigenvalue weighted by molar-refractivity contribution is -0.167. The molecule has 2 aromatic carbocycles. The molecule has 178 valence electrons. The molecular formula is C27H29NO6. The van der Waals surface area contributed by atoms with E-state index in [-0.39, 0.29) is 23.6 Å². The number of rotatable bonds is 10. The van der Waals surface area contributed by atoms with Gasteiger partial charge < -0.3 is 19.3 Å². The van der Waals surface area contributed by atoms with Crippen LogP contribution < -0.4 is 4.74 Å². The number of aromatic hydroxyl groups is 1. The van der Waals surface area contributed by atoms with Gasteiger partial charge in [0.05, 0.1) is 13.0 Å². The van der Waals surface area contributed by atoms with Gasteiger partial charge in [0.15, 0.2) is 28.6 Å². The molecule has 7 heteroatoms. The average molecular weight is 464 g/mol. The fourth-order valence-corrected chi connectivity index (χ4v) is 4.05. The molecule has 0 unspecified atom stereocenters. The molecule has 1 aromatic heterocycles. The zero-order valence-electron chi connectivity index (χ0n) is 19.7. The van der Waals surface area contributed by atoms with Gasteiger partial charge in [-0.3, -0.25) is 9.59 Å². The van der Waals surface area contributed by atoms with Crippen LogP contribution in [-0.4, -0.2) is 42.2 Å². The fourth-order valence-electron chi connectivity index (χ4n) is 4.05. The number of benzene rings is 2. The molecule has 3 rings (SSSR count). The van der Waals surface area contributed by atoms with E-state index in [9.17, 15) is 14.7 Å². The van der Waals surface area contributed by atoms with Crippen LogP contribution in [0.4, 0.5) is 0 Å². The van der Waals surface area contributed by atoms with Crippen molar-refractivity contribution in [3.05, 3.63) is 89.7 Å². The highest BCUT2D eigenvalue weighted by atomic mass is 16.6. The maximum atomic E-state index is 13.0. The number of Topliss-reactive ketones (excluding diaryl/α,β-unsaturated/α-hetero) is 1. The lowest BCUT2D eigenvalue weighted by Crippen LogP contribution is -2.44. The maximum absolute atomic E-state index is 13.0. The summed E-state index contributed by atoms with van der Waals surface area (Å²) in [5, 5.41) is 10.2. The lowest BCUT2D eigenvalue weighted by Gasteiger charge is -2.38. The molecule has 34 heavy (non-hydrogen) atoms. The number of hydrogen-bond donors (Lipinski definition) is 1. The number of carbonyl (C=O) groups excluding carboxylic acids is 2. The highest BCUT2D eigenvalue weighted by Crippen LogP contribution is 2.38. The number of aromatic nitrogens is 1. The Morgan fingerprint density at radius 2 is 1.50 bits per heavy atom. The molecule has 0 spiro atoms. The first-order valence-corrected chi connectivity index (χ1v) is 11.0. The van der Waals surface area contributed by atoms with E-state index in [0.29, 0.717) is 0 Å². The van der Waals surface area contributed by atoms with Crippen molar-refractivity contribution < 1.29 is 28.9 Å². The number of ketones is 1. The van der Waals surface area contributed by atoms with Crippen LogP contribution in [0.1, 0.15) is 41.9 Å². The predicted molar refractivity (Wildman–Crippen MR) is 127 cm³/mol. The number of nitrogens with zero attached hydrogens (tertiary/aromatic N) is 1. The minimum Gasteiger partial charge on any atom is -0.503 e. The lowest BCUT2D eigenvalue weighted by atomic mass is 9.81. The van der Waals surface area contributed by atoms with Crippen molar-refractivity contribution in [2.45, 2.75) is 32.0 Å². The van der Waals surface area contributed by atoms with Gasteiger partial charge in [0.25, 0.3) is 0 Å². The summed E-state index contributed by atoms with van der Waals surface area (Å²) in [5.74, 6) is -2.04. The summed E-state index contributed by atoms with van der Waals surface area (Å²) in [6.07, 6.45) is 0.468. The summed E-state index contributed by atoms with van der Waals surface area (Å²) >= 11 is 0. The zero-order chi connectivity index (χ0) is 24.7. The van der Waals surface area contributed by atoms with E-state index in [0.717, 1.165) is 11.1 Å². The van der Waals surface area contributed by atoms with Crippen LogP contribution >= 0.6 is 0 Å². The first kappa shape index (κ1) is 24.9. The van der Waals surface area contributed by atoms with Gasteiger partial charge in [-0.25, -0.2) is 4.98 Å². The van der Waals surface area contributed by atoms with Crippen LogP contribution in [-0.2, 0) is 19.9 Å². The van der Waals surface area contributed by atoms with Crippen molar-refractivity contribution in [2.75, 3.05) is 14.2 Å². The minimum absolute atomic E-state index is 0.137. The normalized spacial score (nSPS) is 13.1. The van der Waals surface area contributed by atoms with Gasteiger partial charge in [-0.2, -0.15) is 0 Å². The molecule has 0 fully saturated rings. The smallest absolute Gasteiger partial charge is 0.309 e. The van der Waals surface area contributed by atoms with Crippen LogP contribution in [0.2, 0.25) is 0 Å². The Bertz CT molecular complexity index is 1080. The summed E-state index contributed by atoms with van der Waals surface area (Å²) in [7, 11) is 2.96. The number of pyridine rings is 1. The molecule has 3 aromatic rings. The quantitative estimate of drug-likeness (QED) is 0.349. The third-order valence-corrected chi connectivity index (χ3v) is 5.86. The summed E-state index contributed by atoms with van der Waals surface area (Å²) in [6, 6.07) is 20.5. The summed E-state index contributed by atoms with van der Waals surface area (Å²) in [5.41, 5.74) is 0.470. The van der Waals surface area contributed by atoms with E-state index in [1.165, 1.54) is 19.4 Å². The Hall–Kier alpha value is -3.71. The Morgan fingerprint density at radius 1 is 0.941 bits per heavy atom. The monoisotopic (exact) mass is 463 g/mol. The maximum Gasteiger partial charge on any atom is 0.309 e. The van der Waals surface area contributed by atoms with Crippen molar-refractivity contribution in [2.24, 2.45) is 5.92 Å². The topological polar surface area (TPSA) is 95.0 Å². The largest absolute Gasteiger partial charge is 0.503 e. The molecular weight excluding hydrogens is 434 g/mol. The highest BCUT2D eigenvalue weighted by molar-refractivity contribution is 5.99. The molecule has 0 saturated heterocycles. The van der Waals surface area contributed by atoms with E-state index in [1.54, 1.807) is 21.0 Å². The molecule has 2 atom stereocenters. The SMILES string of the molecule is COc1ccnc(C(=O)C[C@@H](C)C(=O)O[C@@H](C)C(OC)(c2ccccc2)c2ccccc2)c1O. The Balaban J connectivity index is 1.82. The molecule has 0 aliphatic heterocycles. The van der Waals surface area contributed by atoms with Gasteiger partial charge in [-0.1, -0.05) is 67.6 Å². The van der Waals surface area contributed by atoms with Crippen LogP contribution in [0.15, 0.2) is 72.9 Å². The number of esters is 1. The molecule has 0 aliphatic carbocycles. The summed E-state index contributed by atoms with van der Waals surface area (Å²) in [4.78, 5) is 29.7.